The Balaban J connectivity index is 2.17. The van der Waals surface area contributed by atoms with Crippen LogP contribution in [0.4, 0.5) is 5.13 Å². The highest BCUT2D eigenvalue weighted by Gasteiger charge is 2.15. The van der Waals surface area contributed by atoms with Crippen LogP contribution in [0.2, 0.25) is 0 Å². The van der Waals surface area contributed by atoms with Crippen molar-refractivity contribution in [3.05, 3.63) is 22.8 Å². The molecule has 0 aromatic carbocycles. The van der Waals surface area contributed by atoms with Gasteiger partial charge in [0.15, 0.2) is 0 Å². The first-order valence-electron chi connectivity index (χ1n) is 5.16. The minimum atomic E-state index is 0.186. The van der Waals surface area contributed by atoms with Gasteiger partial charge in [0.2, 0.25) is 5.13 Å². The van der Waals surface area contributed by atoms with Crippen molar-refractivity contribution in [3.8, 4) is 0 Å². The lowest BCUT2D eigenvalue weighted by molar-refractivity contribution is 0.861. The first-order chi connectivity index (χ1) is 7.58. The van der Waals surface area contributed by atoms with Crippen molar-refractivity contribution in [2.24, 2.45) is 0 Å². The lowest BCUT2D eigenvalue weighted by Gasteiger charge is -2.12. The normalized spacial score (nSPS) is 12.8. The molecule has 0 aliphatic rings. The quantitative estimate of drug-likeness (QED) is 0.860. The van der Waals surface area contributed by atoms with Crippen molar-refractivity contribution in [2.45, 2.75) is 33.7 Å². The Bertz CT molecular complexity index is 468. The Hall–Kier alpha value is -1.43. The van der Waals surface area contributed by atoms with E-state index in [2.05, 4.69) is 31.8 Å². The van der Waals surface area contributed by atoms with E-state index in [1.807, 2.05) is 20.8 Å². The molecular weight excluding hydrogens is 222 g/mol. The zero-order chi connectivity index (χ0) is 11.7. The third kappa shape index (κ3) is 2.06. The first-order valence-corrected chi connectivity index (χ1v) is 5.93. The predicted molar refractivity (Wildman–Crippen MR) is 64.7 cm³/mol. The number of anilines is 1. The van der Waals surface area contributed by atoms with Gasteiger partial charge in [-0.25, -0.2) is 4.98 Å². The highest BCUT2D eigenvalue weighted by molar-refractivity contribution is 7.09. The summed E-state index contributed by atoms with van der Waals surface area (Å²) in [5.41, 5.74) is 3.32. The fourth-order valence-corrected chi connectivity index (χ4v) is 2.47. The van der Waals surface area contributed by atoms with Crippen LogP contribution >= 0.6 is 11.5 Å². The van der Waals surface area contributed by atoms with Crippen LogP contribution in [0.5, 0.6) is 0 Å². The van der Waals surface area contributed by atoms with Gasteiger partial charge in [-0.2, -0.15) is 9.47 Å². The zero-order valence-corrected chi connectivity index (χ0v) is 10.6. The SMILES string of the molecule is Cc1nsc(N[C@H](C)c2c(C)n[nH]c2C)n1. The van der Waals surface area contributed by atoms with Gasteiger partial charge in [0, 0.05) is 22.8 Å². The number of hydrogen-bond acceptors (Lipinski definition) is 5. The van der Waals surface area contributed by atoms with Gasteiger partial charge in [0.05, 0.1) is 11.7 Å². The summed E-state index contributed by atoms with van der Waals surface area (Å²) in [7, 11) is 0. The molecule has 6 heteroatoms. The molecule has 2 heterocycles. The fraction of sp³-hybridized carbons (Fsp3) is 0.500. The first kappa shape index (κ1) is 11.1. The van der Waals surface area contributed by atoms with E-state index in [0.717, 1.165) is 22.3 Å². The Labute approximate surface area is 98.5 Å². The van der Waals surface area contributed by atoms with Crippen molar-refractivity contribution >= 4 is 16.7 Å². The minimum absolute atomic E-state index is 0.186. The third-order valence-electron chi connectivity index (χ3n) is 2.49. The molecule has 0 saturated carbocycles. The van der Waals surface area contributed by atoms with E-state index in [1.54, 1.807) is 0 Å². The third-order valence-corrected chi connectivity index (χ3v) is 3.22. The standard InChI is InChI=1S/C10H15N5S/c1-5(9-6(2)13-14-7(9)3)11-10-12-8(4)15-16-10/h5H,1-4H3,(H,13,14)(H,11,12,15)/t5-/m1/s1. The molecule has 0 fully saturated rings. The van der Waals surface area contributed by atoms with E-state index < -0.39 is 0 Å². The van der Waals surface area contributed by atoms with Gasteiger partial charge in [0.25, 0.3) is 0 Å². The summed E-state index contributed by atoms with van der Waals surface area (Å²) in [6.07, 6.45) is 0. The number of H-pyrrole nitrogens is 1. The van der Waals surface area contributed by atoms with Crippen molar-refractivity contribution in [1.29, 1.82) is 0 Å². The van der Waals surface area contributed by atoms with E-state index in [1.165, 1.54) is 17.1 Å². The van der Waals surface area contributed by atoms with E-state index in [0.29, 0.717) is 0 Å². The molecule has 2 aromatic rings. The van der Waals surface area contributed by atoms with Gasteiger partial charge in [-0.1, -0.05) is 0 Å². The summed E-state index contributed by atoms with van der Waals surface area (Å²) < 4.78 is 4.14. The number of aromatic nitrogens is 4. The Morgan fingerprint density at radius 1 is 1.31 bits per heavy atom. The summed E-state index contributed by atoms with van der Waals surface area (Å²) in [5, 5.41) is 11.4. The van der Waals surface area contributed by atoms with Crippen LogP contribution in [0.25, 0.3) is 0 Å². The summed E-state index contributed by atoms with van der Waals surface area (Å²) in [5.74, 6) is 0.806. The Kier molecular flexibility index (Phi) is 2.91. The molecule has 16 heavy (non-hydrogen) atoms. The Morgan fingerprint density at radius 3 is 2.56 bits per heavy atom. The number of hydrogen-bond donors (Lipinski definition) is 2. The summed E-state index contributed by atoms with van der Waals surface area (Å²) in [6.45, 7) is 8.02. The monoisotopic (exact) mass is 237 g/mol. The molecule has 0 aliphatic carbocycles. The maximum atomic E-state index is 4.29. The number of aromatic amines is 1. The second-order valence-electron chi connectivity index (χ2n) is 3.86. The molecule has 2 aromatic heterocycles. The van der Waals surface area contributed by atoms with Crippen LogP contribution in [-0.2, 0) is 0 Å². The van der Waals surface area contributed by atoms with Gasteiger partial charge >= 0.3 is 0 Å². The maximum absolute atomic E-state index is 4.29. The van der Waals surface area contributed by atoms with Crippen LogP contribution in [0, 0.1) is 20.8 Å². The summed E-state index contributed by atoms with van der Waals surface area (Å²) >= 11 is 1.38. The maximum Gasteiger partial charge on any atom is 0.203 e. The van der Waals surface area contributed by atoms with Crippen LogP contribution in [-0.4, -0.2) is 19.6 Å². The van der Waals surface area contributed by atoms with Crippen LogP contribution in [0.15, 0.2) is 0 Å². The average molecular weight is 237 g/mol. The fourth-order valence-electron chi connectivity index (χ4n) is 1.81. The van der Waals surface area contributed by atoms with Crippen molar-refractivity contribution in [2.75, 3.05) is 5.32 Å². The number of nitrogens with one attached hydrogen (secondary N) is 2. The van der Waals surface area contributed by atoms with Gasteiger partial charge < -0.3 is 5.32 Å². The van der Waals surface area contributed by atoms with Crippen molar-refractivity contribution in [3.63, 3.8) is 0 Å². The van der Waals surface area contributed by atoms with Gasteiger partial charge in [-0.05, 0) is 27.7 Å². The van der Waals surface area contributed by atoms with E-state index in [4.69, 9.17) is 0 Å². The molecule has 2 N–H and O–H groups in total. The molecular formula is C10H15N5S. The predicted octanol–water partition coefficient (Wildman–Crippen LogP) is 2.36. The van der Waals surface area contributed by atoms with Crippen molar-refractivity contribution < 1.29 is 0 Å². The highest BCUT2D eigenvalue weighted by atomic mass is 32.1. The summed E-state index contributed by atoms with van der Waals surface area (Å²) in [4.78, 5) is 4.29. The molecule has 1 atom stereocenters. The molecule has 2 rings (SSSR count). The molecule has 0 spiro atoms. The molecule has 0 unspecified atom stereocenters. The number of nitrogens with zero attached hydrogens (tertiary/aromatic N) is 3. The minimum Gasteiger partial charge on any atom is -0.354 e. The number of rotatable bonds is 3. The van der Waals surface area contributed by atoms with Crippen molar-refractivity contribution in [1.82, 2.24) is 19.6 Å². The molecule has 0 radical (unpaired) electrons. The summed E-state index contributed by atoms with van der Waals surface area (Å²) in [6, 6.07) is 0.186. The van der Waals surface area contributed by atoms with Gasteiger partial charge in [-0.3, -0.25) is 5.10 Å². The lowest BCUT2D eigenvalue weighted by atomic mass is 10.1. The highest BCUT2D eigenvalue weighted by Crippen LogP contribution is 2.24. The van der Waals surface area contributed by atoms with E-state index >= 15 is 0 Å². The molecule has 0 aliphatic heterocycles. The largest absolute Gasteiger partial charge is 0.354 e. The smallest absolute Gasteiger partial charge is 0.203 e. The molecule has 0 bridgehead atoms. The second-order valence-corrected chi connectivity index (χ2v) is 4.61. The lowest BCUT2D eigenvalue weighted by Crippen LogP contribution is -2.08. The molecule has 0 amide bonds. The molecule has 5 nitrogen and oxygen atoms in total. The molecule has 86 valence electrons. The molecule has 0 saturated heterocycles. The zero-order valence-electron chi connectivity index (χ0n) is 9.83. The van der Waals surface area contributed by atoms with E-state index in [9.17, 15) is 0 Å². The van der Waals surface area contributed by atoms with E-state index in [-0.39, 0.29) is 6.04 Å². The van der Waals surface area contributed by atoms with Crippen LogP contribution < -0.4 is 5.32 Å². The van der Waals surface area contributed by atoms with Gasteiger partial charge in [0.1, 0.15) is 5.82 Å². The Morgan fingerprint density at radius 2 is 2.06 bits per heavy atom. The van der Waals surface area contributed by atoms with Gasteiger partial charge in [-0.15, -0.1) is 0 Å². The second kappa shape index (κ2) is 4.21. The average Bonchev–Trinajstić information content (AvgIpc) is 2.74. The van der Waals surface area contributed by atoms with Crippen LogP contribution in [0.3, 0.4) is 0 Å². The van der Waals surface area contributed by atoms with Crippen LogP contribution in [0.1, 0.15) is 35.7 Å². The number of aryl methyl sites for hydroxylation is 3. The topological polar surface area (TPSA) is 66.5 Å².